The number of hydrogen-bond donors (Lipinski definition) is 3. The van der Waals surface area contributed by atoms with Crippen molar-refractivity contribution in [2.24, 2.45) is 5.73 Å². The monoisotopic (exact) mass is 349 g/mol. The fourth-order valence-electron chi connectivity index (χ4n) is 2.15. The van der Waals surface area contributed by atoms with Crippen LogP contribution in [-0.4, -0.2) is 24.0 Å². The van der Waals surface area contributed by atoms with Gasteiger partial charge in [0.05, 0.1) is 0 Å². The van der Waals surface area contributed by atoms with Gasteiger partial charge in [-0.1, -0.05) is 30.3 Å². The first-order chi connectivity index (χ1) is 9.30. The lowest BCUT2D eigenvalue weighted by Crippen LogP contribution is -2.50. The van der Waals surface area contributed by atoms with Crippen molar-refractivity contribution in [1.29, 1.82) is 0 Å². The molecule has 2 unspecified atom stereocenters. The highest BCUT2D eigenvalue weighted by Crippen LogP contribution is 2.15. The zero-order valence-corrected chi connectivity index (χ0v) is 15.4. The van der Waals surface area contributed by atoms with E-state index in [9.17, 15) is 4.79 Å². The Morgan fingerprint density at radius 2 is 1.73 bits per heavy atom. The molecule has 1 aromatic rings. The Kier molecular flexibility index (Phi) is 11.6. The molecule has 1 aromatic carbocycles. The number of amides is 1. The van der Waals surface area contributed by atoms with E-state index in [4.69, 9.17) is 5.73 Å². The van der Waals surface area contributed by atoms with E-state index in [1.807, 2.05) is 25.1 Å². The molecule has 1 rings (SSSR count). The first kappa shape index (κ1) is 23.5. The molecule has 4 nitrogen and oxygen atoms in total. The lowest BCUT2D eigenvalue weighted by Gasteiger charge is -2.31. The molecule has 0 aromatic heterocycles. The molecular weight excluding hydrogens is 321 g/mol. The van der Waals surface area contributed by atoms with Crippen LogP contribution in [0.4, 0.5) is 0 Å². The van der Waals surface area contributed by atoms with Crippen LogP contribution in [0.25, 0.3) is 0 Å². The summed E-state index contributed by atoms with van der Waals surface area (Å²) in [6.45, 7) is 8.70. The summed E-state index contributed by atoms with van der Waals surface area (Å²) in [5.41, 5.74) is 6.67. The largest absolute Gasteiger partial charge is 0.354 e. The lowest BCUT2D eigenvalue weighted by molar-refractivity contribution is -0.121. The molecule has 0 bridgehead atoms. The molecule has 128 valence electrons. The van der Waals surface area contributed by atoms with E-state index in [1.54, 1.807) is 0 Å². The molecule has 0 aliphatic carbocycles. The molecule has 0 aliphatic heterocycles. The summed E-state index contributed by atoms with van der Waals surface area (Å²) in [5, 5.41) is 6.46. The number of rotatable bonds is 7. The van der Waals surface area contributed by atoms with Crippen LogP contribution in [0, 0.1) is 0 Å². The van der Waals surface area contributed by atoms with Crippen molar-refractivity contribution in [3.8, 4) is 0 Å². The number of nitrogens with two attached hydrogens (primary N) is 1. The summed E-state index contributed by atoms with van der Waals surface area (Å²) >= 11 is 0. The molecule has 0 spiro atoms. The summed E-state index contributed by atoms with van der Waals surface area (Å²) in [6, 6.07) is 10.4. The van der Waals surface area contributed by atoms with Gasteiger partial charge in [0.15, 0.2) is 0 Å². The zero-order chi connectivity index (χ0) is 15.2. The molecule has 1 amide bonds. The predicted octanol–water partition coefficient (Wildman–Crippen LogP) is 2.81. The highest BCUT2D eigenvalue weighted by molar-refractivity contribution is 5.85. The molecule has 0 radical (unpaired) electrons. The second-order valence-corrected chi connectivity index (χ2v) is 6.12. The van der Waals surface area contributed by atoms with Gasteiger partial charge in [-0.15, -0.1) is 24.8 Å². The summed E-state index contributed by atoms with van der Waals surface area (Å²) in [6.07, 6.45) is 0.365. The van der Waals surface area contributed by atoms with Crippen LogP contribution in [0.15, 0.2) is 30.3 Å². The van der Waals surface area contributed by atoms with Gasteiger partial charge in [0.25, 0.3) is 0 Å². The second kappa shape index (κ2) is 10.8. The van der Waals surface area contributed by atoms with Gasteiger partial charge in [-0.25, -0.2) is 0 Å². The van der Waals surface area contributed by atoms with Crippen LogP contribution in [0.1, 0.15) is 45.7 Å². The third kappa shape index (κ3) is 9.26. The molecule has 6 heteroatoms. The lowest BCUT2D eigenvalue weighted by atomic mass is 10.0. The van der Waals surface area contributed by atoms with E-state index in [-0.39, 0.29) is 48.3 Å². The molecule has 0 aliphatic rings. The molecule has 0 saturated carbocycles. The maximum atomic E-state index is 11.6. The van der Waals surface area contributed by atoms with Crippen molar-refractivity contribution in [2.75, 3.05) is 6.54 Å². The van der Waals surface area contributed by atoms with E-state index < -0.39 is 0 Å². The minimum absolute atomic E-state index is 0. The van der Waals surface area contributed by atoms with Crippen LogP contribution in [0.2, 0.25) is 0 Å². The summed E-state index contributed by atoms with van der Waals surface area (Å²) in [5.74, 6) is 0.00207. The first-order valence-corrected chi connectivity index (χ1v) is 7.15. The van der Waals surface area contributed by atoms with Crippen molar-refractivity contribution >= 4 is 30.7 Å². The van der Waals surface area contributed by atoms with Gasteiger partial charge < -0.3 is 16.4 Å². The topological polar surface area (TPSA) is 67.2 Å². The summed E-state index contributed by atoms with van der Waals surface area (Å²) < 4.78 is 0. The van der Waals surface area contributed by atoms with Crippen molar-refractivity contribution in [2.45, 2.75) is 51.7 Å². The Hall–Kier alpha value is -0.810. The van der Waals surface area contributed by atoms with Gasteiger partial charge in [0, 0.05) is 30.6 Å². The van der Waals surface area contributed by atoms with E-state index in [2.05, 4.69) is 43.5 Å². The van der Waals surface area contributed by atoms with Gasteiger partial charge in [-0.3, -0.25) is 4.79 Å². The van der Waals surface area contributed by atoms with E-state index in [1.165, 1.54) is 5.56 Å². The van der Waals surface area contributed by atoms with E-state index in [0.717, 1.165) is 0 Å². The number of carbonyl (C=O) groups is 1. The SMILES string of the molecule is CC(N)CC(=O)NCC(C)(C)NC(C)c1ccccc1.Cl.Cl. The third-order valence-corrected chi connectivity index (χ3v) is 3.14. The minimum Gasteiger partial charge on any atom is -0.354 e. The number of halogens is 2. The summed E-state index contributed by atoms with van der Waals surface area (Å²) in [4.78, 5) is 11.6. The minimum atomic E-state index is -0.178. The maximum Gasteiger partial charge on any atom is 0.221 e. The maximum absolute atomic E-state index is 11.6. The highest BCUT2D eigenvalue weighted by Gasteiger charge is 2.21. The Morgan fingerprint density at radius 1 is 1.18 bits per heavy atom. The average molecular weight is 350 g/mol. The average Bonchev–Trinajstić information content (AvgIpc) is 2.36. The predicted molar refractivity (Wildman–Crippen MR) is 97.8 cm³/mol. The number of nitrogens with one attached hydrogen (secondary N) is 2. The fourth-order valence-corrected chi connectivity index (χ4v) is 2.15. The smallest absolute Gasteiger partial charge is 0.221 e. The van der Waals surface area contributed by atoms with Crippen molar-refractivity contribution in [3.05, 3.63) is 35.9 Å². The van der Waals surface area contributed by atoms with Gasteiger partial charge in [-0.05, 0) is 33.3 Å². The highest BCUT2D eigenvalue weighted by atomic mass is 35.5. The van der Waals surface area contributed by atoms with E-state index in [0.29, 0.717) is 13.0 Å². The van der Waals surface area contributed by atoms with Crippen molar-refractivity contribution in [1.82, 2.24) is 10.6 Å². The Balaban J connectivity index is 0. The fraction of sp³-hybridized carbons (Fsp3) is 0.562. The Morgan fingerprint density at radius 3 is 2.23 bits per heavy atom. The molecule has 4 N–H and O–H groups in total. The number of benzene rings is 1. The molecule has 0 saturated heterocycles. The van der Waals surface area contributed by atoms with E-state index >= 15 is 0 Å². The Labute approximate surface area is 146 Å². The van der Waals surface area contributed by atoms with Crippen molar-refractivity contribution in [3.63, 3.8) is 0 Å². The normalized spacial score (nSPS) is 13.3. The summed E-state index contributed by atoms with van der Waals surface area (Å²) in [7, 11) is 0. The number of carbonyl (C=O) groups excluding carboxylic acids is 1. The first-order valence-electron chi connectivity index (χ1n) is 7.15. The number of hydrogen-bond acceptors (Lipinski definition) is 3. The van der Waals surface area contributed by atoms with Gasteiger partial charge >= 0.3 is 0 Å². The molecular formula is C16H29Cl2N3O. The molecule has 2 atom stereocenters. The third-order valence-electron chi connectivity index (χ3n) is 3.14. The van der Waals surface area contributed by atoms with Crippen LogP contribution in [0.3, 0.4) is 0 Å². The van der Waals surface area contributed by atoms with Crippen molar-refractivity contribution < 1.29 is 4.79 Å². The van der Waals surface area contributed by atoms with Gasteiger partial charge in [0.2, 0.25) is 5.91 Å². The standard InChI is InChI=1S/C16H27N3O.2ClH/c1-12(17)10-15(20)18-11-16(3,4)19-13(2)14-8-6-5-7-9-14;;/h5-9,12-13,19H,10-11,17H2,1-4H3,(H,18,20);2*1H. The Bertz CT molecular complexity index is 425. The quantitative estimate of drug-likeness (QED) is 0.708. The molecule has 0 heterocycles. The van der Waals surface area contributed by atoms with Gasteiger partial charge in [-0.2, -0.15) is 0 Å². The van der Waals surface area contributed by atoms with Crippen LogP contribution in [-0.2, 0) is 4.79 Å². The van der Waals surface area contributed by atoms with Gasteiger partial charge in [0.1, 0.15) is 0 Å². The molecule has 22 heavy (non-hydrogen) atoms. The zero-order valence-electron chi connectivity index (χ0n) is 13.8. The van der Waals surface area contributed by atoms with Crippen LogP contribution in [0.5, 0.6) is 0 Å². The van der Waals surface area contributed by atoms with Crippen LogP contribution >= 0.6 is 24.8 Å². The second-order valence-electron chi connectivity index (χ2n) is 6.12. The van der Waals surface area contributed by atoms with Crippen LogP contribution < -0.4 is 16.4 Å². The molecule has 0 fully saturated rings.